The number of ether oxygens (including phenoxy) is 1. The molecule has 0 spiro atoms. The third-order valence-corrected chi connectivity index (χ3v) is 7.80. The van der Waals surface area contributed by atoms with Crippen LogP contribution in [0.4, 0.5) is 4.39 Å². The number of nitrogens with one attached hydrogen (secondary N) is 1. The van der Waals surface area contributed by atoms with Gasteiger partial charge in [-0.1, -0.05) is 12.1 Å². The lowest BCUT2D eigenvalue weighted by Gasteiger charge is -2.38. The molecule has 0 radical (unpaired) electrons. The van der Waals surface area contributed by atoms with Crippen LogP contribution in [0.1, 0.15) is 43.6 Å². The highest BCUT2D eigenvalue weighted by molar-refractivity contribution is 7.87. The molecule has 2 aliphatic rings. The molecule has 3 rings (SSSR count). The first kappa shape index (κ1) is 23.1. The number of halogens is 1. The lowest BCUT2D eigenvalue weighted by atomic mass is 9.82. The van der Waals surface area contributed by atoms with E-state index in [9.17, 15) is 17.6 Å². The maximum absolute atomic E-state index is 13.5. The number of piperidine rings is 1. The summed E-state index contributed by atoms with van der Waals surface area (Å²) in [5.74, 6) is 0.0502. The zero-order chi connectivity index (χ0) is 21.7. The van der Waals surface area contributed by atoms with Crippen molar-refractivity contribution in [2.75, 3.05) is 33.8 Å². The van der Waals surface area contributed by atoms with E-state index in [-0.39, 0.29) is 23.9 Å². The van der Waals surface area contributed by atoms with Crippen LogP contribution in [0, 0.1) is 11.7 Å². The summed E-state index contributed by atoms with van der Waals surface area (Å²) in [7, 11) is -0.566. The molecule has 9 heteroatoms. The Balaban J connectivity index is 1.54. The molecule has 0 bridgehead atoms. The van der Waals surface area contributed by atoms with Crippen molar-refractivity contribution in [3.63, 3.8) is 0 Å². The summed E-state index contributed by atoms with van der Waals surface area (Å²) in [6.45, 7) is 1.41. The van der Waals surface area contributed by atoms with E-state index in [0.29, 0.717) is 32.0 Å². The second-order valence-electron chi connectivity index (χ2n) is 8.52. The minimum Gasteiger partial charge on any atom is -0.378 e. The van der Waals surface area contributed by atoms with Crippen molar-refractivity contribution in [2.24, 2.45) is 5.92 Å². The molecule has 1 aromatic carbocycles. The molecule has 1 heterocycles. The third kappa shape index (κ3) is 6.00. The fraction of sp³-hybridized carbons (Fsp3) is 0.667. The first-order chi connectivity index (χ1) is 14.3. The molecule has 1 aromatic rings. The smallest absolute Gasteiger partial charge is 0.279 e. The maximum atomic E-state index is 13.5. The predicted molar refractivity (Wildman–Crippen MR) is 113 cm³/mol. The molecule has 1 amide bonds. The van der Waals surface area contributed by atoms with Crippen molar-refractivity contribution < 1.29 is 22.3 Å². The van der Waals surface area contributed by atoms with Crippen LogP contribution < -0.4 is 4.72 Å². The van der Waals surface area contributed by atoms with Crippen LogP contribution in [0.5, 0.6) is 0 Å². The molecular formula is C21H32FN3O4S. The molecule has 2 atom stereocenters. The van der Waals surface area contributed by atoms with E-state index < -0.39 is 10.2 Å². The molecule has 0 aromatic heterocycles. The van der Waals surface area contributed by atoms with Gasteiger partial charge in [0.05, 0.1) is 12.7 Å². The minimum atomic E-state index is -3.55. The topological polar surface area (TPSA) is 79.0 Å². The van der Waals surface area contributed by atoms with Crippen LogP contribution >= 0.6 is 0 Å². The van der Waals surface area contributed by atoms with Gasteiger partial charge in [0.15, 0.2) is 0 Å². The number of benzene rings is 1. The molecular weight excluding hydrogens is 409 g/mol. The summed E-state index contributed by atoms with van der Waals surface area (Å²) in [6, 6.07) is 6.54. The molecule has 7 nitrogen and oxygen atoms in total. The van der Waals surface area contributed by atoms with Gasteiger partial charge in [0.2, 0.25) is 6.41 Å². The van der Waals surface area contributed by atoms with Gasteiger partial charge in [0, 0.05) is 39.1 Å². The Labute approximate surface area is 178 Å². The molecule has 168 valence electrons. The van der Waals surface area contributed by atoms with Crippen molar-refractivity contribution >= 4 is 16.6 Å². The molecule has 2 unspecified atom stereocenters. The number of carbonyl (C=O) groups is 1. The summed E-state index contributed by atoms with van der Waals surface area (Å²) < 4.78 is 48.1. The number of hydrogen-bond donors (Lipinski definition) is 1. The van der Waals surface area contributed by atoms with Gasteiger partial charge in [-0.05, 0) is 55.7 Å². The summed E-state index contributed by atoms with van der Waals surface area (Å²) >= 11 is 0. The number of carbonyl (C=O) groups excluding carboxylic acids is 1. The summed E-state index contributed by atoms with van der Waals surface area (Å²) in [5.41, 5.74) is 1.04. The monoisotopic (exact) mass is 441 g/mol. The average molecular weight is 442 g/mol. The van der Waals surface area contributed by atoms with Crippen molar-refractivity contribution in [1.82, 2.24) is 13.9 Å². The molecule has 1 aliphatic carbocycles. The quantitative estimate of drug-likeness (QED) is 0.627. The highest BCUT2D eigenvalue weighted by atomic mass is 32.2. The molecule has 1 N–H and O–H groups in total. The van der Waals surface area contributed by atoms with Crippen molar-refractivity contribution in [2.45, 2.75) is 50.2 Å². The second-order valence-corrected chi connectivity index (χ2v) is 10.4. The van der Waals surface area contributed by atoms with E-state index in [1.807, 2.05) is 6.07 Å². The van der Waals surface area contributed by atoms with E-state index in [0.717, 1.165) is 42.0 Å². The minimum absolute atomic E-state index is 0.0976. The predicted octanol–water partition coefficient (Wildman–Crippen LogP) is 2.11. The van der Waals surface area contributed by atoms with Crippen LogP contribution in [-0.4, -0.2) is 70.0 Å². The Morgan fingerprint density at radius 1 is 1.23 bits per heavy atom. The van der Waals surface area contributed by atoms with E-state index in [1.165, 1.54) is 20.2 Å². The number of hydrogen-bond acceptors (Lipinski definition) is 4. The zero-order valence-electron chi connectivity index (χ0n) is 17.7. The lowest BCUT2D eigenvalue weighted by Crippen LogP contribution is -2.54. The first-order valence-electron chi connectivity index (χ1n) is 10.5. The highest BCUT2D eigenvalue weighted by Gasteiger charge is 2.33. The van der Waals surface area contributed by atoms with Gasteiger partial charge in [-0.3, -0.25) is 4.79 Å². The van der Waals surface area contributed by atoms with Crippen LogP contribution in [0.2, 0.25) is 0 Å². The Morgan fingerprint density at radius 2 is 1.97 bits per heavy atom. The summed E-state index contributed by atoms with van der Waals surface area (Å²) in [6.07, 6.45) is 5.14. The molecule has 2 fully saturated rings. The number of amides is 1. The van der Waals surface area contributed by atoms with Gasteiger partial charge >= 0.3 is 0 Å². The number of rotatable bonds is 8. The molecule has 30 heavy (non-hydrogen) atoms. The van der Waals surface area contributed by atoms with Crippen molar-refractivity contribution in [3.8, 4) is 0 Å². The van der Waals surface area contributed by atoms with Crippen LogP contribution in [0.3, 0.4) is 0 Å². The Kier molecular flexibility index (Phi) is 7.84. The van der Waals surface area contributed by atoms with Gasteiger partial charge in [0.25, 0.3) is 10.2 Å². The Hall–Kier alpha value is -1.55. The van der Waals surface area contributed by atoms with Gasteiger partial charge in [-0.15, -0.1) is 0 Å². The number of nitrogens with zero attached hydrogens (tertiary/aromatic N) is 2. The Bertz CT molecular complexity index is 812. The van der Waals surface area contributed by atoms with Crippen LogP contribution in [-0.2, 0) is 19.7 Å². The van der Waals surface area contributed by atoms with Gasteiger partial charge in [0.1, 0.15) is 5.82 Å². The average Bonchev–Trinajstić information content (AvgIpc) is 2.73. The fourth-order valence-corrected chi connectivity index (χ4v) is 5.26. The van der Waals surface area contributed by atoms with E-state index in [2.05, 4.69) is 4.72 Å². The van der Waals surface area contributed by atoms with E-state index in [4.69, 9.17) is 4.74 Å². The zero-order valence-corrected chi connectivity index (χ0v) is 18.5. The van der Waals surface area contributed by atoms with E-state index in [1.54, 1.807) is 17.0 Å². The maximum Gasteiger partial charge on any atom is 0.279 e. The Morgan fingerprint density at radius 3 is 2.60 bits per heavy atom. The highest BCUT2D eigenvalue weighted by Crippen LogP contribution is 2.34. The normalized spacial score (nSPS) is 27.9. The molecule has 1 saturated heterocycles. The lowest BCUT2D eigenvalue weighted by molar-refractivity contribution is -0.121. The van der Waals surface area contributed by atoms with E-state index >= 15 is 0 Å². The molecule has 1 aliphatic heterocycles. The standard InChI is InChI=1S/C21H32FN3O4S/c1-24(2)30(27,28)23-21-10-11-25(15-26)13-18(21)14-29-20-8-6-16(7-9-20)17-4-3-5-19(22)12-17/h3-5,12,15-16,18,20-21,23H,6-11,13-14H2,1-2H3. The van der Waals surface area contributed by atoms with Gasteiger partial charge in [-0.2, -0.15) is 17.4 Å². The van der Waals surface area contributed by atoms with Crippen LogP contribution in [0.25, 0.3) is 0 Å². The first-order valence-corrected chi connectivity index (χ1v) is 12.0. The van der Waals surface area contributed by atoms with Crippen LogP contribution in [0.15, 0.2) is 24.3 Å². The largest absolute Gasteiger partial charge is 0.378 e. The summed E-state index contributed by atoms with van der Waals surface area (Å²) in [4.78, 5) is 12.9. The fourth-order valence-electron chi connectivity index (χ4n) is 4.36. The van der Waals surface area contributed by atoms with Gasteiger partial charge in [-0.25, -0.2) is 4.39 Å². The van der Waals surface area contributed by atoms with Crippen molar-refractivity contribution in [3.05, 3.63) is 35.6 Å². The number of likely N-dealkylation sites (tertiary alicyclic amines) is 1. The second kappa shape index (κ2) is 10.2. The third-order valence-electron chi connectivity index (χ3n) is 6.24. The SMILES string of the molecule is CN(C)S(=O)(=O)NC1CCN(C=O)CC1COC1CCC(c2cccc(F)c2)CC1. The molecule has 1 saturated carbocycles. The van der Waals surface area contributed by atoms with Gasteiger partial charge < -0.3 is 9.64 Å². The summed E-state index contributed by atoms with van der Waals surface area (Å²) in [5, 5.41) is 0. The van der Waals surface area contributed by atoms with Crippen molar-refractivity contribution in [1.29, 1.82) is 0 Å².